The second kappa shape index (κ2) is 6.62. The van der Waals surface area contributed by atoms with Crippen LogP contribution in [-0.2, 0) is 4.79 Å². The summed E-state index contributed by atoms with van der Waals surface area (Å²) in [5.74, 6) is 0.872. The van der Waals surface area contributed by atoms with Crippen LogP contribution in [0.3, 0.4) is 0 Å². The zero-order valence-corrected chi connectivity index (χ0v) is 12.4. The molecule has 1 amide bonds. The van der Waals surface area contributed by atoms with E-state index in [2.05, 4.69) is 0 Å². The van der Waals surface area contributed by atoms with E-state index in [1.807, 2.05) is 54.6 Å². The second-order valence-electron chi connectivity index (χ2n) is 5.42. The van der Waals surface area contributed by atoms with Crippen LogP contribution < -0.4 is 15.4 Å². The first-order valence-electron chi connectivity index (χ1n) is 7.58. The van der Waals surface area contributed by atoms with Gasteiger partial charge in [0.25, 0.3) is 0 Å². The van der Waals surface area contributed by atoms with Gasteiger partial charge in [-0.2, -0.15) is 0 Å². The lowest BCUT2D eigenvalue weighted by atomic mass is 10.0. The first-order chi connectivity index (χ1) is 10.8. The summed E-state index contributed by atoms with van der Waals surface area (Å²) < 4.78 is 5.58. The van der Waals surface area contributed by atoms with E-state index in [1.54, 1.807) is 4.90 Å². The third-order valence-electron chi connectivity index (χ3n) is 3.93. The Morgan fingerprint density at radius 3 is 2.68 bits per heavy atom. The number of benzene rings is 2. The molecule has 0 radical (unpaired) electrons. The van der Waals surface area contributed by atoms with Crippen molar-refractivity contribution in [1.29, 1.82) is 0 Å². The molecular formula is C18H20N2O2. The molecule has 0 bridgehead atoms. The normalized spacial score (nSPS) is 14.9. The van der Waals surface area contributed by atoms with Crippen LogP contribution in [0.1, 0.15) is 24.4 Å². The number of hydrogen-bond donors (Lipinski definition) is 1. The molecule has 2 aromatic rings. The van der Waals surface area contributed by atoms with E-state index in [0.717, 1.165) is 17.0 Å². The van der Waals surface area contributed by atoms with Gasteiger partial charge in [0.1, 0.15) is 12.4 Å². The van der Waals surface area contributed by atoms with E-state index in [1.165, 1.54) is 0 Å². The van der Waals surface area contributed by atoms with Crippen molar-refractivity contribution in [2.24, 2.45) is 5.73 Å². The van der Waals surface area contributed by atoms with Crippen LogP contribution in [0.25, 0.3) is 0 Å². The van der Waals surface area contributed by atoms with Gasteiger partial charge in [-0.3, -0.25) is 4.79 Å². The lowest BCUT2D eigenvalue weighted by Gasteiger charge is -2.29. The van der Waals surface area contributed by atoms with E-state index in [4.69, 9.17) is 10.5 Å². The zero-order chi connectivity index (χ0) is 15.4. The molecule has 1 heterocycles. The van der Waals surface area contributed by atoms with Crippen molar-refractivity contribution in [2.45, 2.75) is 18.9 Å². The van der Waals surface area contributed by atoms with Gasteiger partial charge in [-0.25, -0.2) is 0 Å². The highest BCUT2D eigenvalue weighted by Crippen LogP contribution is 2.31. The van der Waals surface area contributed by atoms with Crippen LogP contribution in [-0.4, -0.2) is 19.1 Å². The minimum Gasteiger partial charge on any atom is -0.490 e. The number of ether oxygens (including phenoxy) is 1. The Labute approximate surface area is 130 Å². The molecule has 0 fully saturated rings. The monoisotopic (exact) mass is 296 g/mol. The number of rotatable bonds is 4. The lowest BCUT2D eigenvalue weighted by Crippen LogP contribution is -2.38. The van der Waals surface area contributed by atoms with Crippen LogP contribution >= 0.6 is 0 Å². The molecule has 2 aromatic carbocycles. The highest BCUT2D eigenvalue weighted by atomic mass is 16.5. The molecule has 1 aliphatic heterocycles. The SMILES string of the molecule is NC(CCC(=O)N1CCOc2ccccc21)c1ccccc1. The van der Waals surface area contributed by atoms with E-state index >= 15 is 0 Å². The van der Waals surface area contributed by atoms with Crippen LogP contribution in [0, 0.1) is 0 Å². The summed E-state index contributed by atoms with van der Waals surface area (Å²) in [4.78, 5) is 14.3. The fourth-order valence-electron chi connectivity index (χ4n) is 2.71. The van der Waals surface area contributed by atoms with E-state index in [-0.39, 0.29) is 11.9 Å². The van der Waals surface area contributed by atoms with Crippen molar-refractivity contribution in [3.63, 3.8) is 0 Å². The van der Waals surface area contributed by atoms with Crippen LogP contribution in [0.5, 0.6) is 5.75 Å². The Hall–Kier alpha value is -2.33. The largest absolute Gasteiger partial charge is 0.490 e. The molecule has 114 valence electrons. The van der Waals surface area contributed by atoms with Crippen molar-refractivity contribution < 1.29 is 9.53 Å². The van der Waals surface area contributed by atoms with Gasteiger partial charge in [0.15, 0.2) is 0 Å². The molecule has 0 aliphatic carbocycles. The molecule has 0 saturated heterocycles. The summed E-state index contributed by atoms with van der Waals surface area (Å²) in [6, 6.07) is 17.4. The van der Waals surface area contributed by atoms with E-state index < -0.39 is 0 Å². The highest BCUT2D eigenvalue weighted by Gasteiger charge is 2.23. The third-order valence-corrected chi connectivity index (χ3v) is 3.93. The smallest absolute Gasteiger partial charge is 0.227 e. The summed E-state index contributed by atoms with van der Waals surface area (Å²) in [5.41, 5.74) is 8.09. The minimum atomic E-state index is -0.110. The maximum Gasteiger partial charge on any atom is 0.227 e. The Kier molecular flexibility index (Phi) is 4.39. The van der Waals surface area contributed by atoms with Crippen molar-refractivity contribution in [3.05, 3.63) is 60.2 Å². The number of nitrogens with two attached hydrogens (primary N) is 1. The van der Waals surface area contributed by atoms with Gasteiger partial charge in [-0.05, 0) is 24.1 Å². The van der Waals surface area contributed by atoms with Gasteiger partial charge < -0.3 is 15.4 Å². The molecule has 2 N–H and O–H groups in total. The van der Waals surface area contributed by atoms with E-state index in [0.29, 0.717) is 26.0 Å². The molecule has 4 nitrogen and oxygen atoms in total. The summed E-state index contributed by atoms with van der Waals surface area (Å²) in [7, 11) is 0. The van der Waals surface area contributed by atoms with Gasteiger partial charge >= 0.3 is 0 Å². The first kappa shape index (κ1) is 14.6. The lowest BCUT2D eigenvalue weighted by molar-refractivity contribution is -0.119. The number of hydrogen-bond acceptors (Lipinski definition) is 3. The number of nitrogens with zero attached hydrogens (tertiary/aromatic N) is 1. The molecule has 3 rings (SSSR count). The minimum absolute atomic E-state index is 0.0992. The van der Waals surface area contributed by atoms with Gasteiger partial charge in [-0.15, -0.1) is 0 Å². The molecule has 4 heteroatoms. The maximum atomic E-state index is 12.5. The number of carbonyl (C=O) groups excluding carboxylic acids is 1. The van der Waals surface area contributed by atoms with Crippen molar-refractivity contribution in [1.82, 2.24) is 0 Å². The maximum absolute atomic E-state index is 12.5. The summed E-state index contributed by atoms with van der Waals surface area (Å²) in [6.07, 6.45) is 1.08. The van der Waals surface area contributed by atoms with E-state index in [9.17, 15) is 4.79 Å². The number of carbonyl (C=O) groups is 1. The standard InChI is InChI=1S/C18H20N2O2/c19-15(14-6-2-1-3-7-14)10-11-18(21)20-12-13-22-17-9-5-4-8-16(17)20/h1-9,15H,10-13,19H2. The highest BCUT2D eigenvalue weighted by molar-refractivity contribution is 5.95. The van der Waals surface area contributed by atoms with Crippen molar-refractivity contribution in [3.8, 4) is 5.75 Å². The molecule has 1 atom stereocenters. The Morgan fingerprint density at radius 2 is 1.86 bits per heavy atom. The third kappa shape index (κ3) is 3.12. The zero-order valence-electron chi connectivity index (χ0n) is 12.4. The fraction of sp³-hybridized carbons (Fsp3) is 0.278. The second-order valence-corrected chi connectivity index (χ2v) is 5.42. The summed E-state index contributed by atoms with van der Waals surface area (Å²) in [6.45, 7) is 1.13. The Balaban J connectivity index is 1.64. The molecule has 0 spiro atoms. The molecular weight excluding hydrogens is 276 g/mol. The van der Waals surface area contributed by atoms with Crippen molar-refractivity contribution >= 4 is 11.6 Å². The van der Waals surface area contributed by atoms with Crippen LogP contribution in [0.4, 0.5) is 5.69 Å². The number of anilines is 1. The number of amides is 1. The average Bonchev–Trinajstić information content (AvgIpc) is 2.59. The van der Waals surface area contributed by atoms with Gasteiger partial charge in [0, 0.05) is 12.5 Å². The molecule has 1 aliphatic rings. The predicted octanol–water partition coefficient (Wildman–Crippen LogP) is 2.89. The summed E-state index contributed by atoms with van der Waals surface area (Å²) >= 11 is 0. The number of para-hydroxylation sites is 2. The Bertz CT molecular complexity index is 643. The molecule has 1 unspecified atom stereocenters. The van der Waals surface area contributed by atoms with Gasteiger partial charge in [0.05, 0.1) is 12.2 Å². The molecule has 22 heavy (non-hydrogen) atoms. The van der Waals surface area contributed by atoms with Crippen LogP contribution in [0.15, 0.2) is 54.6 Å². The van der Waals surface area contributed by atoms with Crippen molar-refractivity contribution in [2.75, 3.05) is 18.1 Å². The topological polar surface area (TPSA) is 55.6 Å². The van der Waals surface area contributed by atoms with Crippen LogP contribution in [0.2, 0.25) is 0 Å². The molecule has 0 saturated carbocycles. The fourth-order valence-corrected chi connectivity index (χ4v) is 2.71. The Morgan fingerprint density at radius 1 is 1.14 bits per heavy atom. The first-order valence-corrected chi connectivity index (χ1v) is 7.58. The quantitative estimate of drug-likeness (QED) is 0.944. The summed E-state index contributed by atoms with van der Waals surface area (Å²) in [5, 5.41) is 0. The number of fused-ring (bicyclic) bond motifs is 1. The predicted molar refractivity (Wildman–Crippen MR) is 86.9 cm³/mol. The van der Waals surface area contributed by atoms with Gasteiger partial charge in [-0.1, -0.05) is 42.5 Å². The average molecular weight is 296 g/mol. The molecule has 0 aromatic heterocycles. The van der Waals surface area contributed by atoms with Gasteiger partial charge in [0.2, 0.25) is 5.91 Å².